The van der Waals surface area contributed by atoms with Crippen molar-refractivity contribution in [2.45, 2.75) is 38.1 Å². The number of anilines is 1. The maximum atomic E-state index is 12.6. The molecule has 0 unspecified atom stereocenters. The van der Waals surface area contributed by atoms with E-state index in [4.69, 9.17) is 0 Å². The van der Waals surface area contributed by atoms with Crippen molar-refractivity contribution >= 4 is 32.3 Å². The van der Waals surface area contributed by atoms with Crippen LogP contribution in [0.25, 0.3) is 10.9 Å². The largest absolute Gasteiger partial charge is 0.506 e. The molecule has 2 aromatic carbocycles. The second kappa shape index (κ2) is 8.66. The Morgan fingerprint density at radius 2 is 2.00 bits per heavy atom. The zero-order valence-corrected chi connectivity index (χ0v) is 17.6. The number of benzene rings is 2. The second-order valence-corrected chi connectivity index (χ2v) is 9.23. The number of sulfone groups is 1. The summed E-state index contributed by atoms with van der Waals surface area (Å²) in [6.07, 6.45) is 1.93. The number of carbonyl (C=O) groups excluding carboxylic acids is 1. The highest BCUT2D eigenvalue weighted by Crippen LogP contribution is 2.27. The minimum absolute atomic E-state index is 0.0298. The summed E-state index contributed by atoms with van der Waals surface area (Å²) in [5.74, 6) is -0.697. The van der Waals surface area contributed by atoms with Gasteiger partial charge in [0, 0.05) is 13.0 Å². The Morgan fingerprint density at radius 3 is 2.73 bits per heavy atom. The second-order valence-electron chi connectivity index (χ2n) is 6.95. The summed E-state index contributed by atoms with van der Waals surface area (Å²) >= 11 is 0. The Bertz CT molecular complexity index is 1270. The Kier molecular flexibility index (Phi) is 6.21. The molecule has 30 heavy (non-hydrogen) atoms. The third-order valence-corrected chi connectivity index (χ3v) is 6.57. The van der Waals surface area contributed by atoms with Crippen molar-refractivity contribution in [2.24, 2.45) is 0 Å². The lowest BCUT2D eigenvalue weighted by atomic mass is 10.1. The van der Waals surface area contributed by atoms with Gasteiger partial charge in [0.25, 0.3) is 5.56 Å². The van der Waals surface area contributed by atoms with E-state index >= 15 is 0 Å². The van der Waals surface area contributed by atoms with E-state index in [0.717, 1.165) is 5.56 Å². The zero-order chi connectivity index (χ0) is 21.9. The van der Waals surface area contributed by atoms with Crippen molar-refractivity contribution in [3.8, 4) is 5.75 Å². The van der Waals surface area contributed by atoms with Gasteiger partial charge in [0.2, 0.25) is 5.91 Å². The summed E-state index contributed by atoms with van der Waals surface area (Å²) in [5, 5.41) is 13.0. The fraction of sp³-hybridized carbons (Fsp3) is 0.286. The van der Waals surface area contributed by atoms with E-state index in [1.54, 1.807) is 12.1 Å². The minimum atomic E-state index is -3.46. The van der Waals surface area contributed by atoms with Gasteiger partial charge >= 0.3 is 0 Å². The molecule has 0 aliphatic carbocycles. The van der Waals surface area contributed by atoms with Crippen LogP contribution in [0.15, 0.2) is 52.4 Å². The van der Waals surface area contributed by atoms with Gasteiger partial charge in [-0.3, -0.25) is 14.2 Å². The van der Waals surface area contributed by atoms with E-state index in [1.165, 1.54) is 36.0 Å². The molecule has 0 saturated carbocycles. The van der Waals surface area contributed by atoms with Crippen molar-refractivity contribution in [3.05, 3.63) is 58.6 Å². The number of amides is 1. The average Bonchev–Trinajstić information content (AvgIpc) is 2.71. The van der Waals surface area contributed by atoms with Gasteiger partial charge in [-0.05, 0) is 43.2 Å². The first-order valence-electron chi connectivity index (χ1n) is 9.53. The van der Waals surface area contributed by atoms with Crippen LogP contribution in [-0.4, -0.2) is 34.7 Å². The molecule has 1 heterocycles. The van der Waals surface area contributed by atoms with E-state index in [2.05, 4.69) is 10.3 Å². The van der Waals surface area contributed by atoms with E-state index in [-0.39, 0.29) is 34.1 Å². The van der Waals surface area contributed by atoms with Crippen LogP contribution in [0.1, 0.15) is 25.3 Å². The number of para-hydroxylation sites is 1. The highest BCUT2D eigenvalue weighted by Gasteiger charge is 2.15. The van der Waals surface area contributed by atoms with Gasteiger partial charge < -0.3 is 10.4 Å². The number of aromatic hydroxyl groups is 1. The number of aromatic nitrogens is 2. The van der Waals surface area contributed by atoms with Crippen LogP contribution in [0.4, 0.5) is 5.69 Å². The van der Waals surface area contributed by atoms with Crippen LogP contribution in [-0.2, 0) is 21.2 Å². The molecule has 9 heteroatoms. The molecule has 0 bridgehead atoms. The molecule has 1 aromatic heterocycles. The predicted molar refractivity (Wildman–Crippen MR) is 114 cm³/mol. The molecule has 0 fully saturated rings. The molecule has 1 amide bonds. The maximum absolute atomic E-state index is 12.6. The number of nitrogens with one attached hydrogen (secondary N) is 1. The molecule has 0 radical (unpaired) electrons. The Hall–Kier alpha value is -3.20. The summed E-state index contributed by atoms with van der Waals surface area (Å²) in [6.45, 7) is 3.71. The lowest BCUT2D eigenvalue weighted by Gasteiger charge is -2.10. The lowest BCUT2D eigenvalue weighted by molar-refractivity contribution is -0.116. The van der Waals surface area contributed by atoms with Crippen LogP contribution in [0.5, 0.6) is 5.75 Å². The quantitative estimate of drug-likeness (QED) is 0.558. The number of hydrogen-bond donors (Lipinski definition) is 2. The first-order chi connectivity index (χ1) is 14.2. The van der Waals surface area contributed by atoms with Crippen LogP contribution < -0.4 is 10.9 Å². The third-order valence-electron chi connectivity index (χ3n) is 4.84. The molecule has 0 aliphatic rings. The molecule has 158 valence electrons. The number of hydrogen-bond acceptors (Lipinski definition) is 6. The highest BCUT2D eigenvalue weighted by molar-refractivity contribution is 7.91. The number of carbonyl (C=O) groups is 1. The fourth-order valence-electron chi connectivity index (χ4n) is 3.09. The number of nitrogens with zero attached hydrogens (tertiary/aromatic N) is 2. The molecule has 0 aliphatic heterocycles. The van der Waals surface area contributed by atoms with Crippen LogP contribution in [0.2, 0.25) is 0 Å². The monoisotopic (exact) mass is 429 g/mol. The topological polar surface area (TPSA) is 118 Å². The van der Waals surface area contributed by atoms with Gasteiger partial charge in [-0.1, -0.05) is 19.1 Å². The summed E-state index contributed by atoms with van der Waals surface area (Å²) in [4.78, 5) is 29.2. The predicted octanol–water partition coefficient (Wildman–Crippen LogP) is 2.62. The Morgan fingerprint density at radius 1 is 1.23 bits per heavy atom. The third kappa shape index (κ3) is 4.51. The fourth-order valence-corrected chi connectivity index (χ4v) is 4.00. The number of phenols is 1. The van der Waals surface area contributed by atoms with E-state index in [9.17, 15) is 23.1 Å². The van der Waals surface area contributed by atoms with Crippen LogP contribution in [0.3, 0.4) is 0 Å². The standard InChI is InChI=1S/C21H23N3O5S/c1-3-30(28,29)15-9-10-18(25)17(12-15)23-19(26)8-5-11-24-13-22-20-14(2)6-4-7-16(20)21(24)27/h4,6-7,9-10,12-13,25H,3,5,8,11H2,1-2H3,(H,23,26). The molecular formula is C21H23N3O5S. The smallest absolute Gasteiger partial charge is 0.261 e. The molecule has 3 aromatic rings. The number of aryl methyl sites for hydroxylation is 2. The molecular weight excluding hydrogens is 406 g/mol. The van der Waals surface area contributed by atoms with Crippen LogP contribution in [0, 0.1) is 6.92 Å². The van der Waals surface area contributed by atoms with Gasteiger partial charge in [0.15, 0.2) is 9.84 Å². The summed E-state index contributed by atoms with van der Waals surface area (Å²) in [6, 6.07) is 9.19. The molecule has 8 nitrogen and oxygen atoms in total. The molecule has 0 saturated heterocycles. The molecule has 0 spiro atoms. The van der Waals surface area contributed by atoms with Gasteiger partial charge in [-0.15, -0.1) is 0 Å². The zero-order valence-electron chi connectivity index (χ0n) is 16.8. The van der Waals surface area contributed by atoms with Crippen molar-refractivity contribution in [3.63, 3.8) is 0 Å². The van der Waals surface area contributed by atoms with E-state index in [1.807, 2.05) is 13.0 Å². The van der Waals surface area contributed by atoms with Crippen molar-refractivity contribution < 1.29 is 18.3 Å². The van der Waals surface area contributed by atoms with Gasteiger partial charge in [0.1, 0.15) is 5.75 Å². The Labute approximate surface area is 174 Å². The molecule has 3 rings (SSSR count). The van der Waals surface area contributed by atoms with Crippen LogP contribution >= 0.6 is 0 Å². The maximum Gasteiger partial charge on any atom is 0.261 e. The normalized spacial score (nSPS) is 11.5. The summed E-state index contributed by atoms with van der Waals surface area (Å²) in [7, 11) is -3.46. The van der Waals surface area contributed by atoms with Gasteiger partial charge in [0.05, 0.1) is 33.6 Å². The molecule has 0 atom stereocenters. The van der Waals surface area contributed by atoms with E-state index in [0.29, 0.717) is 23.9 Å². The minimum Gasteiger partial charge on any atom is -0.506 e. The average molecular weight is 429 g/mol. The van der Waals surface area contributed by atoms with E-state index < -0.39 is 15.7 Å². The van der Waals surface area contributed by atoms with Gasteiger partial charge in [-0.2, -0.15) is 0 Å². The first-order valence-corrected chi connectivity index (χ1v) is 11.2. The molecule has 2 N–H and O–H groups in total. The number of fused-ring (bicyclic) bond motifs is 1. The SMILES string of the molecule is CCS(=O)(=O)c1ccc(O)c(NC(=O)CCCn2cnc3c(C)cccc3c2=O)c1. The van der Waals surface area contributed by atoms with Crippen molar-refractivity contribution in [1.29, 1.82) is 0 Å². The lowest BCUT2D eigenvalue weighted by Crippen LogP contribution is -2.22. The van der Waals surface area contributed by atoms with Gasteiger partial charge in [-0.25, -0.2) is 13.4 Å². The number of phenolic OH excluding ortho intramolecular Hbond substituents is 1. The highest BCUT2D eigenvalue weighted by atomic mass is 32.2. The number of rotatable bonds is 7. The summed E-state index contributed by atoms with van der Waals surface area (Å²) < 4.78 is 25.4. The Balaban J connectivity index is 1.66. The summed E-state index contributed by atoms with van der Waals surface area (Å²) in [5.41, 5.74) is 1.45. The van der Waals surface area contributed by atoms with Crippen molar-refractivity contribution in [2.75, 3.05) is 11.1 Å². The van der Waals surface area contributed by atoms with Crippen molar-refractivity contribution in [1.82, 2.24) is 9.55 Å². The first kappa shape index (κ1) is 21.5.